The van der Waals surface area contributed by atoms with Crippen molar-refractivity contribution in [2.75, 3.05) is 5.73 Å². The number of halogens is 1. The van der Waals surface area contributed by atoms with Crippen molar-refractivity contribution in [1.29, 1.82) is 0 Å². The highest BCUT2D eigenvalue weighted by Crippen LogP contribution is 2.30. The van der Waals surface area contributed by atoms with E-state index in [1.807, 2.05) is 16.8 Å². The van der Waals surface area contributed by atoms with Gasteiger partial charge in [0.25, 0.3) is 0 Å². The molecular weight excluding hydrogens is 274 g/mol. The number of hydrogen-bond donors (Lipinski definition) is 1. The van der Waals surface area contributed by atoms with Gasteiger partial charge in [-0.05, 0) is 41.0 Å². The molecule has 0 bridgehead atoms. The molecule has 0 aliphatic heterocycles. The first kappa shape index (κ1) is 13.4. The molecule has 1 aliphatic rings. The minimum absolute atomic E-state index is 0.585. The Balaban J connectivity index is 1.78. The van der Waals surface area contributed by atoms with Gasteiger partial charge in [0.05, 0.1) is 5.02 Å². The maximum Gasteiger partial charge on any atom is 0.183 e. The molecule has 0 saturated heterocycles. The maximum absolute atomic E-state index is 6.23. The molecule has 0 unspecified atom stereocenters. The van der Waals surface area contributed by atoms with Crippen molar-refractivity contribution in [3.8, 4) is 11.4 Å². The van der Waals surface area contributed by atoms with Gasteiger partial charge in [-0.2, -0.15) is 0 Å². The normalized spacial score (nSPS) is 15.8. The molecule has 2 N–H and O–H groups in total. The van der Waals surface area contributed by atoms with Crippen molar-refractivity contribution in [2.45, 2.75) is 38.6 Å². The number of anilines is 1. The minimum atomic E-state index is 0.585. The molecule has 3 rings (SSSR count). The van der Waals surface area contributed by atoms with Gasteiger partial charge in [-0.25, -0.2) is 4.68 Å². The van der Waals surface area contributed by atoms with E-state index >= 15 is 0 Å². The van der Waals surface area contributed by atoms with E-state index in [-0.39, 0.29) is 0 Å². The van der Waals surface area contributed by atoms with Crippen molar-refractivity contribution in [3.63, 3.8) is 0 Å². The van der Waals surface area contributed by atoms with Gasteiger partial charge >= 0.3 is 0 Å². The van der Waals surface area contributed by atoms with Crippen LogP contribution in [0.25, 0.3) is 11.4 Å². The highest BCUT2D eigenvalue weighted by atomic mass is 35.5. The summed E-state index contributed by atoms with van der Waals surface area (Å²) in [4.78, 5) is 0. The molecule has 0 spiro atoms. The molecule has 0 radical (unpaired) electrons. The van der Waals surface area contributed by atoms with Gasteiger partial charge in [0.1, 0.15) is 0 Å². The summed E-state index contributed by atoms with van der Waals surface area (Å²) in [6, 6.07) is 5.42. The summed E-state index contributed by atoms with van der Waals surface area (Å²) in [6.07, 6.45) is 6.51. The third-order valence-corrected chi connectivity index (χ3v) is 4.30. The second kappa shape index (κ2) is 5.79. The Morgan fingerprint density at radius 1 is 1.30 bits per heavy atom. The average molecular weight is 292 g/mol. The molecule has 1 fully saturated rings. The Kier molecular flexibility index (Phi) is 3.87. The number of benzene rings is 1. The summed E-state index contributed by atoms with van der Waals surface area (Å²) < 4.78 is 1.84. The summed E-state index contributed by atoms with van der Waals surface area (Å²) in [5.41, 5.74) is 7.19. The molecule has 1 heterocycles. The van der Waals surface area contributed by atoms with Crippen molar-refractivity contribution in [3.05, 3.63) is 23.2 Å². The highest BCUT2D eigenvalue weighted by molar-refractivity contribution is 6.33. The van der Waals surface area contributed by atoms with Crippen LogP contribution in [-0.2, 0) is 6.54 Å². The number of rotatable bonds is 4. The first-order valence-corrected chi connectivity index (χ1v) is 7.43. The zero-order valence-electron chi connectivity index (χ0n) is 11.3. The van der Waals surface area contributed by atoms with Gasteiger partial charge < -0.3 is 5.73 Å². The molecular formula is C14H18ClN5. The molecule has 5 nitrogen and oxygen atoms in total. The number of nitrogens with two attached hydrogens (primary N) is 1. The van der Waals surface area contributed by atoms with Gasteiger partial charge in [-0.15, -0.1) is 5.10 Å². The van der Waals surface area contributed by atoms with E-state index in [0.717, 1.165) is 24.4 Å². The third-order valence-electron chi connectivity index (χ3n) is 3.99. The number of aromatic nitrogens is 4. The van der Waals surface area contributed by atoms with E-state index in [2.05, 4.69) is 15.5 Å². The van der Waals surface area contributed by atoms with Gasteiger partial charge in [-0.1, -0.05) is 37.3 Å². The summed E-state index contributed by atoms with van der Waals surface area (Å²) >= 11 is 6.23. The van der Waals surface area contributed by atoms with E-state index in [0.29, 0.717) is 16.5 Å². The van der Waals surface area contributed by atoms with Gasteiger partial charge in [0, 0.05) is 17.8 Å². The average Bonchev–Trinajstić information content (AvgIpc) is 3.07. The highest BCUT2D eigenvalue weighted by Gasteiger charge is 2.17. The van der Waals surface area contributed by atoms with Gasteiger partial charge in [-0.3, -0.25) is 0 Å². The molecule has 1 aromatic heterocycles. The summed E-state index contributed by atoms with van der Waals surface area (Å²) in [5.74, 6) is 1.53. The fourth-order valence-corrected chi connectivity index (χ4v) is 3.14. The molecule has 106 valence electrons. The lowest BCUT2D eigenvalue weighted by Crippen LogP contribution is -2.07. The quantitative estimate of drug-likeness (QED) is 0.879. The Morgan fingerprint density at radius 3 is 2.85 bits per heavy atom. The van der Waals surface area contributed by atoms with Crippen molar-refractivity contribution in [1.82, 2.24) is 20.2 Å². The lowest BCUT2D eigenvalue weighted by Gasteiger charge is -2.10. The zero-order chi connectivity index (χ0) is 13.9. The fraction of sp³-hybridized carbons (Fsp3) is 0.500. The fourth-order valence-electron chi connectivity index (χ4n) is 2.86. The molecule has 1 aliphatic carbocycles. The Morgan fingerprint density at radius 2 is 2.10 bits per heavy atom. The van der Waals surface area contributed by atoms with E-state index in [9.17, 15) is 0 Å². The molecule has 0 atom stereocenters. The molecule has 0 amide bonds. The van der Waals surface area contributed by atoms with Crippen molar-refractivity contribution < 1.29 is 0 Å². The third kappa shape index (κ3) is 2.77. The summed E-state index contributed by atoms with van der Waals surface area (Å²) in [5, 5.41) is 12.5. The topological polar surface area (TPSA) is 69.6 Å². The number of nitrogen functional groups attached to an aromatic ring is 1. The largest absolute Gasteiger partial charge is 0.399 e. The van der Waals surface area contributed by atoms with Crippen LogP contribution < -0.4 is 5.73 Å². The van der Waals surface area contributed by atoms with E-state index in [4.69, 9.17) is 17.3 Å². The second-order valence-corrected chi connectivity index (χ2v) is 5.81. The van der Waals surface area contributed by atoms with Crippen LogP contribution in [0.15, 0.2) is 18.2 Å². The maximum atomic E-state index is 6.23. The number of nitrogens with zero attached hydrogens (tertiary/aromatic N) is 4. The number of hydrogen-bond acceptors (Lipinski definition) is 4. The van der Waals surface area contributed by atoms with E-state index in [1.165, 1.54) is 25.7 Å². The minimum Gasteiger partial charge on any atom is -0.399 e. The van der Waals surface area contributed by atoms with Crippen LogP contribution in [0, 0.1) is 5.92 Å². The molecule has 6 heteroatoms. The van der Waals surface area contributed by atoms with Crippen LogP contribution in [0.4, 0.5) is 5.69 Å². The molecule has 1 aromatic carbocycles. The first-order chi connectivity index (χ1) is 9.74. The molecule has 1 saturated carbocycles. The second-order valence-electron chi connectivity index (χ2n) is 5.40. The molecule has 2 aromatic rings. The number of aryl methyl sites for hydroxylation is 1. The van der Waals surface area contributed by atoms with Crippen LogP contribution in [0.2, 0.25) is 5.02 Å². The zero-order valence-corrected chi connectivity index (χ0v) is 12.1. The van der Waals surface area contributed by atoms with Crippen LogP contribution in [-0.4, -0.2) is 20.2 Å². The smallest absolute Gasteiger partial charge is 0.183 e. The van der Waals surface area contributed by atoms with Crippen LogP contribution in [0.1, 0.15) is 32.1 Å². The predicted octanol–water partition coefficient (Wildman–Crippen LogP) is 3.16. The molecule has 20 heavy (non-hydrogen) atoms. The van der Waals surface area contributed by atoms with Crippen LogP contribution in [0.5, 0.6) is 0 Å². The Labute approximate surface area is 123 Å². The standard InChI is InChI=1S/C14H18ClN5/c15-13-9-11(16)5-6-12(13)14-17-18-19-20(14)8-7-10-3-1-2-4-10/h5-6,9-10H,1-4,7-8,16H2. The van der Waals surface area contributed by atoms with Gasteiger partial charge in [0.15, 0.2) is 5.82 Å². The van der Waals surface area contributed by atoms with E-state index in [1.54, 1.807) is 6.07 Å². The SMILES string of the molecule is Nc1ccc(-c2nnnn2CCC2CCCC2)c(Cl)c1. The lowest BCUT2D eigenvalue weighted by atomic mass is 10.0. The van der Waals surface area contributed by atoms with E-state index < -0.39 is 0 Å². The predicted molar refractivity (Wildman–Crippen MR) is 79.3 cm³/mol. The monoisotopic (exact) mass is 291 g/mol. The Hall–Kier alpha value is -1.62. The van der Waals surface area contributed by atoms with Crippen LogP contribution in [0.3, 0.4) is 0 Å². The lowest BCUT2D eigenvalue weighted by molar-refractivity contribution is 0.436. The Bertz CT molecular complexity index is 589. The van der Waals surface area contributed by atoms with Crippen molar-refractivity contribution >= 4 is 17.3 Å². The van der Waals surface area contributed by atoms with Crippen molar-refractivity contribution in [2.24, 2.45) is 5.92 Å². The first-order valence-electron chi connectivity index (χ1n) is 7.05. The summed E-state index contributed by atoms with van der Waals surface area (Å²) in [7, 11) is 0. The summed E-state index contributed by atoms with van der Waals surface area (Å²) in [6.45, 7) is 0.841. The van der Waals surface area contributed by atoms with Gasteiger partial charge in [0.2, 0.25) is 0 Å². The van der Waals surface area contributed by atoms with Crippen LogP contribution >= 0.6 is 11.6 Å². The number of tetrazole rings is 1.